The van der Waals surface area contributed by atoms with Crippen LogP contribution in [0.2, 0.25) is 0 Å². The van der Waals surface area contributed by atoms with Gasteiger partial charge in [-0.3, -0.25) is 4.79 Å². The molecule has 0 saturated heterocycles. The van der Waals surface area contributed by atoms with Gasteiger partial charge in [0, 0.05) is 19.5 Å². The van der Waals surface area contributed by atoms with E-state index < -0.39 is 0 Å². The summed E-state index contributed by atoms with van der Waals surface area (Å²) in [7, 11) is 0. The summed E-state index contributed by atoms with van der Waals surface area (Å²) in [6, 6.07) is 0. The van der Waals surface area contributed by atoms with Crippen molar-refractivity contribution in [2.24, 2.45) is 46.3 Å². The third-order valence-electron chi connectivity index (χ3n) is 18.0. The van der Waals surface area contributed by atoms with Gasteiger partial charge in [0.25, 0.3) is 0 Å². The Bertz CT molecular complexity index is 1160. The van der Waals surface area contributed by atoms with Crippen LogP contribution in [0.3, 0.4) is 0 Å². The van der Waals surface area contributed by atoms with Crippen molar-refractivity contribution < 1.29 is 15.0 Å². The number of aliphatic hydroxyl groups is 2. The lowest BCUT2D eigenvalue weighted by molar-refractivity contribution is -0.174. The molecule has 0 aromatic heterocycles. The van der Waals surface area contributed by atoms with Gasteiger partial charge in [0.15, 0.2) is 0 Å². The molecule has 376 valence electrons. The van der Waals surface area contributed by atoms with E-state index in [4.69, 9.17) is 0 Å². The molecular weight excluding hydrogens is 787 g/mol. The Morgan fingerprint density at radius 2 is 1.19 bits per heavy atom. The second kappa shape index (κ2) is 33.4. The minimum Gasteiger partial charge on any atom is -0.393 e. The maximum absolute atomic E-state index is 12.0. The molecule has 1 amide bonds. The quantitative estimate of drug-likeness (QED) is 0.0476. The minimum absolute atomic E-state index is 0.000800. The predicted molar refractivity (Wildman–Crippen MR) is 276 cm³/mol. The Balaban J connectivity index is 0.000000342. The lowest BCUT2D eigenvalue weighted by atomic mass is 9.43. The fourth-order valence-electron chi connectivity index (χ4n) is 14.0. The summed E-state index contributed by atoms with van der Waals surface area (Å²) in [6.45, 7) is 23.3. The Morgan fingerprint density at radius 1 is 0.672 bits per heavy atom. The zero-order chi connectivity index (χ0) is 46.5. The monoisotopic (exact) mass is 898 g/mol. The number of nitrogens with one attached hydrogen (secondary N) is 2. The van der Waals surface area contributed by atoms with Crippen LogP contribution in [-0.4, -0.2) is 66.0 Å². The van der Waals surface area contributed by atoms with Gasteiger partial charge in [-0.05, 0) is 163 Å². The van der Waals surface area contributed by atoms with E-state index in [1.807, 2.05) is 13.1 Å². The smallest absolute Gasteiger partial charge is 0.219 e. The number of hydrogen-bond donors (Lipinski definition) is 4. The van der Waals surface area contributed by atoms with Crippen molar-refractivity contribution in [2.45, 2.75) is 272 Å². The SMILES string of the molecule is C=CNCCCCCCN(CCCCCCCCCCCC)CCCCCCCCCCCC.CCNC(=O)CC[C@@H](C)C1CCC2C3CCC4C[C@H](O)CCC4(C)C3C[C@H](O)C21C. The third-order valence-corrected chi connectivity index (χ3v) is 18.0. The molecule has 64 heavy (non-hydrogen) atoms. The molecule has 0 spiro atoms. The number of unbranched alkanes of at least 4 members (excludes halogenated alkanes) is 21. The second-order valence-corrected chi connectivity index (χ2v) is 22.6. The Morgan fingerprint density at radius 3 is 1.70 bits per heavy atom. The van der Waals surface area contributed by atoms with E-state index in [0.717, 1.165) is 44.6 Å². The molecule has 4 fully saturated rings. The first-order chi connectivity index (χ1) is 31.1. The Kier molecular flexibility index (Phi) is 29.9. The van der Waals surface area contributed by atoms with Crippen LogP contribution >= 0.6 is 0 Å². The lowest BCUT2D eigenvalue weighted by Crippen LogP contribution is -2.58. The number of carbonyl (C=O) groups is 1. The third kappa shape index (κ3) is 19.5. The molecule has 0 bridgehead atoms. The van der Waals surface area contributed by atoms with Crippen molar-refractivity contribution in [3.8, 4) is 0 Å². The molecule has 6 heteroatoms. The molecule has 0 aromatic carbocycles. The summed E-state index contributed by atoms with van der Waals surface area (Å²) in [4.78, 5) is 14.8. The molecule has 4 aliphatic carbocycles. The summed E-state index contributed by atoms with van der Waals surface area (Å²) in [5, 5.41) is 28.0. The summed E-state index contributed by atoms with van der Waals surface area (Å²) in [5.74, 6) is 3.76. The molecule has 0 heterocycles. The highest BCUT2D eigenvalue weighted by Crippen LogP contribution is 2.68. The lowest BCUT2D eigenvalue weighted by Gasteiger charge is -2.62. The Hall–Kier alpha value is -1.11. The van der Waals surface area contributed by atoms with Gasteiger partial charge in [-0.15, -0.1) is 0 Å². The standard InChI is InChI=1S/C32H66N2.C26H45NO3/c1-4-7-9-11-13-15-17-19-22-26-30-34(32-28-24-21-25-29-33-6-3)31-27-23-20-18-16-14-12-10-8-5-2;1-5-27-24(30)11-6-16(2)20-9-10-21-19-8-7-17-14-18(28)12-13-25(17,3)22(19)15-23(29)26(20,21)4/h6,33H,3-5,7-32H2,1-2H3;16-23,28-29H,5-15H2,1-4H3,(H,27,30)/t;16-,17?,18-,19?,20?,21?,22?,23+,25?,26?/m.1/s1. The molecule has 4 rings (SSSR count). The molecule has 4 saturated carbocycles. The van der Waals surface area contributed by atoms with E-state index in [2.05, 4.69) is 56.7 Å². The summed E-state index contributed by atoms with van der Waals surface area (Å²) >= 11 is 0. The van der Waals surface area contributed by atoms with Crippen LogP contribution in [0.25, 0.3) is 0 Å². The predicted octanol–water partition coefficient (Wildman–Crippen LogP) is 15.0. The number of amides is 1. The van der Waals surface area contributed by atoms with Gasteiger partial charge in [-0.1, -0.05) is 170 Å². The highest BCUT2D eigenvalue weighted by atomic mass is 16.3. The normalized spacial score (nSPS) is 29.0. The van der Waals surface area contributed by atoms with E-state index >= 15 is 0 Å². The average molecular weight is 899 g/mol. The maximum atomic E-state index is 12.0. The number of fused-ring (bicyclic) bond motifs is 5. The van der Waals surface area contributed by atoms with Gasteiger partial charge in [0.2, 0.25) is 5.91 Å². The van der Waals surface area contributed by atoms with E-state index in [9.17, 15) is 15.0 Å². The first-order valence-corrected chi connectivity index (χ1v) is 28.8. The molecule has 4 aliphatic rings. The van der Waals surface area contributed by atoms with Gasteiger partial charge in [0.1, 0.15) is 0 Å². The van der Waals surface area contributed by atoms with Crippen molar-refractivity contribution in [1.82, 2.24) is 15.5 Å². The summed E-state index contributed by atoms with van der Waals surface area (Å²) in [5.41, 5.74) is 0.297. The number of rotatable bonds is 35. The highest BCUT2D eigenvalue weighted by molar-refractivity contribution is 5.75. The van der Waals surface area contributed by atoms with E-state index in [-0.39, 0.29) is 23.5 Å². The number of nitrogens with zero attached hydrogens (tertiary/aromatic N) is 1. The molecule has 7 unspecified atom stereocenters. The molecular formula is C58H111N3O3. The van der Waals surface area contributed by atoms with Crippen LogP contribution in [0.1, 0.15) is 260 Å². The molecule has 0 radical (unpaired) electrons. The van der Waals surface area contributed by atoms with E-state index in [1.54, 1.807) is 0 Å². The van der Waals surface area contributed by atoms with Crippen LogP contribution < -0.4 is 10.6 Å². The highest BCUT2D eigenvalue weighted by Gasteiger charge is 2.63. The zero-order valence-corrected chi connectivity index (χ0v) is 43.7. The van der Waals surface area contributed by atoms with Crippen LogP contribution in [0.4, 0.5) is 0 Å². The topological polar surface area (TPSA) is 84.8 Å². The van der Waals surface area contributed by atoms with Crippen LogP contribution in [0.15, 0.2) is 12.8 Å². The molecule has 0 aliphatic heterocycles. The van der Waals surface area contributed by atoms with Crippen molar-refractivity contribution in [1.29, 1.82) is 0 Å². The van der Waals surface area contributed by atoms with Crippen LogP contribution in [0, 0.1) is 46.3 Å². The molecule has 10 atom stereocenters. The van der Waals surface area contributed by atoms with E-state index in [1.165, 1.54) is 199 Å². The first kappa shape index (κ1) is 57.2. The van der Waals surface area contributed by atoms with Gasteiger partial charge in [-0.2, -0.15) is 0 Å². The fourth-order valence-corrected chi connectivity index (χ4v) is 14.0. The van der Waals surface area contributed by atoms with Gasteiger partial charge >= 0.3 is 0 Å². The second-order valence-electron chi connectivity index (χ2n) is 22.6. The number of aliphatic hydroxyl groups excluding tert-OH is 2. The largest absolute Gasteiger partial charge is 0.393 e. The van der Waals surface area contributed by atoms with E-state index in [0.29, 0.717) is 48.0 Å². The maximum Gasteiger partial charge on any atom is 0.219 e. The van der Waals surface area contributed by atoms with Crippen molar-refractivity contribution in [3.63, 3.8) is 0 Å². The van der Waals surface area contributed by atoms with Crippen molar-refractivity contribution in [3.05, 3.63) is 12.8 Å². The Labute approximate surface area is 398 Å². The van der Waals surface area contributed by atoms with Crippen molar-refractivity contribution in [2.75, 3.05) is 32.7 Å². The number of hydrogen-bond acceptors (Lipinski definition) is 5. The molecule has 0 aromatic rings. The zero-order valence-electron chi connectivity index (χ0n) is 43.7. The van der Waals surface area contributed by atoms with Gasteiger partial charge < -0.3 is 25.7 Å². The summed E-state index contributed by atoms with van der Waals surface area (Å²) in [6.07, 6.45) is 46.2. The number of carbonyl (C=O) groups excluding carboxylic acids is 1. The minimum atomic E-state index is -0.231. The molecule has 6 nitrogen and oxygen atoms in total. The van der Waals surface area contributed by atoms with Gasteiger partial charge in [-0.25, -0.2) is 0 Å². The first-order valence-electron chi connectivity index (χ1n) is 28.8. The van der Waals surface area contributed by atoms with Gasteiger partial charge in [0.05, 0.1) is 12.2 Å². The molecule has 4 N–H and O–H groups in total. The fraction of sp³-hybridized carbons (Fsp3) is 0.948. The van der Waals surface area contributed by atoms with Crippen molar-refractivity contribution >= 4 is 5.91 Å². The van der Waals surface area contributed by atoms with Crippen LogP contribution in [-0.2, 0) is 4.79 Å². The summed E-state index contributed by atoms with van der Waals surface area (Å²) < 4.78 is 0. The average Bonchev–Trinajstić information content (AvgIpc) is 3.65. The van der Waals surface area contributed by atoms with Crippen LogP contribution in [0.5, 0.6) is 0 Å².